The molecule has 0 spiro atoms. The molecule has 0 bridgehead atoms. The van der Waals surface area contributed by atoms with Crippen LogP contribution in [0.15, 0.2) is 64.0 Å². The molecule has 0 saturated heterocycles. The Labute approximate surface area is 287 Å². The lowest BCUT2D eigenvalue weighted by atomic mass is 9.83. The fraction of sp³-hybridized carbons (Fsp3) is 0.438. The van der Waals surface area contributed by atoms with Crippen LogP contribution >= 0.6 is 11.3 Å². The molecule has 1 aliphatic rings. The van der Waals surface area contributed by atoms with Gasteiger partial charge in [-0.05, 0) is 61.2 Å². The molecule has 2 heterocycles. The van der Waals surface area contributed by atoms with Crippen LogP contribution in [0.3, 0.4) is 0 Å². The second-order valence-corrected chi connectivity index (χ2v) is 18.1. The molecule has 0 saturated carbocycles. The maximum Gasteiger partial charge on any atom is 0.303 e. The van der Waals surface area contributed by atoms with Crippen LogP contribution in [0.4, 0.5) is 5.69 Å². The first-order valence-corrected chi connectivity index (χ1v) is 20.5. The summed E-state index contributed by atoms with van der Waals surface area (Å²) in [5, 5.41) is 9.85. The minimum absolute atomic E-state index is 0.0816. The van der Waals surface area contributed by atoms with E-state index in [-0.39, 0.29) is 22.0 Å². The van der Waals surface area contributed by atoms with Gasteiger partial charge in [0.05, 0.1) is 9.79 Å². The molecule has 12 nitrogen and oxygen atoms in total. The van der Waals surface area contributed by atoms with Crippen molar-refractivity contribution >= 4 is 70.1 Å². The number of allylic oxidation sites excluding steroid dienone is 3. The van der Waals surface area contributed by atoms with Gasteiger partial charge >= 0.3 is 5.97 Å². The van der Waals surface area contributed by atoms with Crippen LogP contribution in [0.1, 0.15) is 62.9 Å². The van der Waals surface area contributed by atoms with E-state index in [0.29, 0.717) is 45.2 Å². The minimum Gasteiger partial charge on any atom is -0.481 e. The highest BCUT2D eigenvalue weighted by Crippen LogP contribution is 2.48. The molecule has 1 aliphatic heterocycles. The highest BCUT2D eigenvalue weighted by molar-refractivity contribution is 7.89. The van der Waals surface area contributed by atoms with Gasteiger partial charge < -0.3 is 10.0 Å². The van der Waals surface area contributed by atoms with Crippen LogP contribution in [0, 0.1) is 0 Å². The second-order valence-electron chi connectivity index (χ2n) is 12.3. The van der Waals surface area contributed by atoms with Gasteiger partial charge in [0.1, 0.15) is 15.4 Å². The van der Waals surface area contributed by atoms with E-state index in [4.69, 9.17) is 5.11 Å². The molecule has 262 valence electrons. The molecule has 3 aromatic rings. The Hall–Kier alpha value is -3.15. The third-order valence-electron chi connectivity index (χ3n) is 8.38. The number of carboxylic acid groups (broad SMARTS) is 1. The summed E-state index contributed by atoms with van der Waals surface area (Å²) >= 11 is 1.42. The number of aliphatic carboxylic acids is 1. The summed E-state index contributed by atoms with van der Waals surface area (Å²) in [7, 11) is -7.61. The van der Waals surface area contributed by atoms with Gasteiger partial charge in [0.15, 0.2) is 6.54 Å². The number of aromatic nitrogens is 1. The Kier molecular flexibility index (Phi) is 11.9. The first-order valence-electron chi connectivity index (χ1n) is 15.5. The molecule has 48 heavy (non-hydrogen) atoms. The zero-order valence-corrected chi connectivity index (χ0v) is 30.7. The molecule has 0 radical (unpaired) electrons. The van der Waals surface area contributed by atoms with E-state index in [9.17, 15) is 34.6 Å². The monoisotopic (exact) mass is 740 g/mol. The van der Waals surface area contributed by atoms with E-state index in [1.807, 2.05) is 36.6 Å². The van der Waals surface area contributed by atoms with E-state index in [0.717, 1.165) is 36.5 Å². The van der Waals surface area contributed by atoms with Gasteiger partial charge in [-0.25, -0.2) is 21.1 Å². The number of fused-ring (bicyclic) bond motifs is 2. The summed E-state index contributed by atoms with van der Waals surface area (Å²) in [6.45, 7) is 5.03. The third kappa shape index (κ3) is 8.52. The van der Waals surface area contributed by atoms with Gasteiger partial charge in [-0.15, -0.1) is 0 Å². The number of anilines is 1. The molecule has 2 N–H and O–H groups in total. The Morgan fingerprint density at radius 3 is 2.35 bits per heavy atom. The van der Waals surface area contributed by atoms with E-state index >= 15 is 0 Å². The number of hydrogen-bond acceptors (Lipinski definition) is 9. The summed E-state index contributed by atoms with van der Waals surface area (Å²) in [5.74, 6) is -0.761. The summed E-state index contributed by atoms with van der Waals surface area (Å²) in [4.78, 5) is 13.1. The van der Waals surface area contributed by atoms with Crippen molar-refractivity contribution in [1.82, 2.24) is 4.31 Å². The molecule has 16 heteroatoms. The molecule has 0 atom stereocenters. The number of aryl methyl sites for hydroxylation is 1. The van der Waals surface area contributed by atoms with E-state index < -0.39 is 42.2 Å². The third-order valence-corrected chi connectivity index (χ3v) is 12.8. The van der Waals surface area contributed by atoms with E-state index in [1.165, 1.54) is 37.6 Å². The van der Waals surface area contributed by atoms with Crippen molar-refractivity contribution in [3.8, 4) is 0 Å². The Balaban J connectivity index is 1.74. The number of carbonyl (C=O) groups is 1. The zero-order chi connectivity index (χ0) is 35.4. The maximum atomic E-state index is 12.8. The zero-order valence-electron chi connectivity index (χ0n) is 27.3. The van der Waals surface area contributed by atoms with Gasteiger partial charge in [-0.1, -0.05) is 37.7 Å². The predicted octanol–water partition coefficient (Wildman–Crippen LogP) is 4.42. The lowest BCUT2D eigenvalue weighted by molar-refractivity contribution is -0.669. The summed E-state index contributed by atoms with van der Waals surface area (Å²) in [5.41, 5.74) is 2.58. The van der Waals surface area contributed by atoms with Crippen LogP contribution in [0.2, 0.25) is 0 Å². The number of thiazole rings is 1. The minimum atomic E-state index is -4.43. The number of carboxylic acids is 1. The number of rotatable bonds is 16. The fourth-order valence-corrected chi connectivity index (χ4v) is 8.95. The van der Waals surface area contributed by atoms with Crippen LogP contribution in [0.5, 0.6) is 0 Å². The highest BCUT2D eigenvalue weighted by Gasteiger charge is 2.40. The Morgan fingerprint density at radius 1 is 1.00 bits per heavy atom. The fourth-order valence-electron chi connectivity index (χ4n) is 5.82. The average Bonchev–Trinajstić information content (AvgIpc) is 3.44. The van der Waals surface area contributed by atoms with Gasteiger partial charge in [0.25, 0.3) is 15.1 Å². The smallest absolute Gasteiger partial charge is 0.303 e. The quantitative estimate of drug-likeness (QED) is 0.0827. The van der Waals surface area contributed by atoms with Crippen molar-refractivity contribution in [2.75, 3.05) is 31.3 Å². The van der Waals surface area contributed by atoms with Gasteiger partial charge in [0.2, 0.25) is 15.5 Å². The molecule has 2 aromatic carbocycles. The number of unbranched alkanes of at least 4 members (excludes halogenated alkanes) is 3. The van der Waals surface area contributed by atoms with Crippen LogP contribution in [0.25, 0.3) is 16.3 Å². The van der Waals surface area contributed by atoms with E-state index in [2.05, 4.69) is 4.90 Å². The van der Waals surface area contributed by atoms with Crippen molar-refractivity contribution in [2.45, 2.75) is 74.1 Å². The SMILES string of the molecule is CN(C)S(=O)(=O)c1ccc2c(c1)sc(/C=C/C=C1/N(CCCCCC(=O)O)c3ccc(S(=O)(=O)O)cc3C1(C)C)[n+]2CCCC[SH](=O)=O. The van der Waals surface area contributed by atoms with Crippen molar-refractivity contribution in [3.05, 3.63) is 64.8 Å². The van der Waals surface area contributed by atoms with Crippen LogP contribution < -0.4 is 9.47 Å². The lowest BCUT2D eigenvalue weighted by Gasteiger charge is -2.27. The van der Waals surface area contributed by atoms with Crippen molar-refractivity contribution in [3.63, 3.8) is 0 Å². The molecule has 0 fully saturated rings. The molecule has 1 aromatic heterocycles. The second kappa shape index (κ2) is 15.2. The molecular formula is C32H42N3O9S4+. The number of hydrogen-bond donors (Lipinski definition) is 3. The normalized spacial score (nSPS) is 15.8. The lowest BCUT2D eigenvalue weighted by Crippen LogP contribution is -2.35. The number of thiol groups is 1. The Morgan fingerprint density at radius 2 is 1.71 bits per heavy atom. The molecule has 0 amide bonds. The standard InChI is InChI=1S/C32H41N3O9S4/c1-32(2)25-21-24(48(42,43)44)15-16-26(25)34(18-7-5-6-13-31(36)37)29(32)11-10-12-30-35(19-8-9-20-46(38)39)27-17-14-23(22-28(27)45-30)47(40,41)33(3)4/h10-12,14-17,21-22,46H,5-9,13,18-20H2,1-4H3,(H-,36,37,42,43,44)/p+1. The average molecular weight is 741 g/mol. The first kappa shape index (κ1) is 37.7. The van der Waals surface area contributed by atoms with Crippen molar-refractivity contribution in [2.24, 2.45) is 0 Å². The summed E-state index contributed by atoms with van der Waals surface area (Å²) in [6, 6.07) is 9.51. The molecular weight excluding hydrogens is 699 g/mol. The number of nitrogens with zero attached hydrogens (tertiary/aromatic N) is 3. The maximum absolute atomic E-state index is 12.8. The summed E-state index contributed by atoms with van der Waals surface area (Å²) in [6.07, 6.45) is 8.86. The van der Waals surface area contributed by atoms with Crippen molar-refractivity contribution in [1.29, 1.82) is 0 Å². The molecule has 0 unspecified atom stereocenters. The Bertz CT molecular complexity index is 2040. The number of benzene rings is 2. The highest BCUT2D eigenvalue weighted by atomic mass is 32.2. The largest absolute Gasteiger partial charge is 0.481 e. The van der Waals surface area contributed by atoms with Gasteiger partial charge in [-0.2, -0.15) is 13.0 Å². The summed E-state index contributed by atoms with van der Waals surface area (Å²) < 4.78 is 85.6. The first-order chi connectivity index (χ1) is 22.4. The van der Waals surface area contributed by atoms with E-state index in [1.54, 1.807) is 24.3 Å². The van der Waals surface area contributed by atoms with Gasteiger partial charge in [-0.3, -0.25) is 9.35 Å². The van der Waals surface area contributed by atoms with Crippen LogP contribution in [-0.2, 0) is 47.6 Å². The predicted molar refractivity (Wildman–Crippen MR) is 187 cm³/mol. The molecule has 0 aliphatic carbocycles. The molecule has 4 rings (SSSR count). The van der Waals surface area contributed by atoms with Crippen molar-refractivity contribution < 1.29 is 44.3 Å². The number of sulfonamides is 1. The topological polar surface area (TPSA) is 170 Å². The van der Waals surface area contributed by atoms with Gasteiger partial charge in [0, 0.05) is 68.2 Å². The van der Waals surface area contributed by atoms with Crippen LogP contribution in [-0.4, -0.2) is 71.6 Å².